The average Bonchev–Trinajstić information content (AvgIpc) is 0. The second-order valence-corrected chi connectivity index (χ2v) is 0. The summed E-state index contributed by atoms with van der Waals surface area (Å²) in [4.78, 5) is 0. The zero-order valence-electron chi connectivity index (χ0n) is 2.36. The van der Waals surface area contributed by atoms with Crippen molar-refractivity contribution in [3.8, 4) is 0 Å². The van der Waals surface area contributed by atoms with Crippen LogP contribution >= 0.6 is 0 Å². The predicted molar refractivity (Wildman–Crippen MR) is 15.4 cm³/mol. The zero-order valence-corrected chi connectivity index (χ0v) is 7.84. The SMILES string of the molecule is O.[NH4+].[Sb].[W]. The van der Waals surface area contributed by atoms with Gasteiger partial charge in [0, 0.05) is 45.5 Å². The standard InChI is InChI=1S/H3N.H2O.Sb.W/h1H3;1H2;;/p+1. The third-order valence-electron chi connectivity index (χ3n) is 0. The molecule has 3 radical (unpaired) electrons. The Bertz CT molecular complexity index is 8.00. The maximum Gasteiger partial charge on any atom is 0 e. The van der Waals surface area contributed by atoms with E-state index in [1.54, 1.807) is 0 Å². The molecule has 0 saturated carbocycles. The molecule has 0 saturated heterocycles. The van der Waals surface area contributed by atoms with E-state index in [0.29, 0.717) is 0 Å². The number of hydrogen-bond acceptors (Lipinski definition) is 0. The molecule has 0 aromatic rings. The maximum absolute atomic E-state index is 0. The monoisotopic (exact) mass is 341 g/mol. The Kier molecular flexibility index (Phi) is 334. The van der Waals surface area contributed by atoms with Crippen LogP contribution in [0.4, 0.5) is 0 Å². The number of rotatable bonds is 0. The average molecular weight is 342 g/mol. The van der Waals surface area contributed by atoms with Gasteiger partial charge in [0.1, 0.15) is 0 Å². The van der Waals surface area contributed by atoms with E-state index in [1.807, 2.05) is 0 Å². The zero-order chi connectivity index (χ0) is 0. The normalized spacial score (nSPS) is 0. The molecule has 0 bridgehead atoms. The molecule has 6 N–H and O–H groups in total. The van der Waals surface area contributed by atoms with Crippen LogP contribution in [0.25, 0.3) is 0 Å². The van der Waals surface area contributed by atoms with Gasteiger partial charge in [0.05, 0.1) is 0 Å². The molecule has 0 atom stereocenters. The van der Waals surface area contributed by atoms with Crippen molar-refractivity contribution in [1.82, 2.24) is 6.15 Å². The Labute approximate surface area is 56.9 Å². The summed E-state index contributed by atoms with van der Waals surface area (Å²) in [5.74, 6) is 0. The van der Waals surface area contributed by atoms with Gasteiger partial charge in [-0.3, -0.25) is 0 Å². The molecule has 0 amide bonds. The second kappa shape index (κ2) is 25.5. The Morgan fingerprint density at radius 3 is 1.00 bits per heavy atom. The molecule has 0 rings (SSSR count). The van der Waals surface area contributed by atoms with Crippen molar-refractivity contribution in [2.75, 3.05) is 0 Å². The third kappa shape index (κ3) is 9.91. The van der Waals surface area contributed by atoms with E-state index in [4.69, 9.17) is 0 Å². The molecular weight excluding hydrogens is 336 g/mol. The molecular formula is H6NOSbW+. The predicted octanol–water partition coefficient (Wildman–Crippen LogP) is -0.832. The molecule has 0 spiro atoms. The molecule has 0 aliphatic rings. The van der Waals surface area contributed by atoms with Gasteiger partial charge >= 0.3 is 0 Å². The van der Waals surface area contributed by atoms with E-state index in [9.17, 15) is 0 Å². The van der Waals surface area contributed by atoms with Gasteiger partial charge in [0.25, 0.3) is 0 Å². The van der Waals surface area contributed by atoms with Crippen LogP contribution in [-0.4, -0.2) is 29.9 Å². The van der Waals surface area contributed by atoms with E-state index in [2.05, 4.69) is 0 Å². The first-order valence-electron chi connectivity index (χ1n) is 0. The third-order valence-corrected chi connectivity index (χ3v) is 0. The topological polar surface area (TPSA) is 68.0 Å². The first-order valence-corrected chi connectivity index (χ1v) is 0. The summed E-state index contributed by atoms with van der Waals surface area (Å²) in [5, 5.41) is 0. The summed E-state index contributed by atoms with van der Waals surface area (Å²) < 4.78 is 0. The number of quaternary nitrogens is 1. The quantitative estimate of drug-likeness (QED) is 0.559. The Morgan fingerprint density at radius 1 is 1.00 bits per heavy atom. The smallest absolute Gasteiger partial charge is 0 e. The summed E-state index contributed by atoms with van der Waals surface area (Å²) in [7, 11) is 0. The maximum atomic E-state index is 0. The van der Waals surface area contributed by atoms with E-state index < -0.39 is 0 Å². The van der Waals surface area contributed by atoms with Crippen molar-refractivity contribution in [2.45, 2.75) is 0 Å². The van der Waals surface area contributed by atoms with Gasteiger partial charge in [-0.1, -0.05) is 0 Å². The van der Waals surface area contributed by atoms with Crippen molar-refractivity contribution >= 4 is 24.4 Å². The van der Waals surface area contributed by atoms with E-state index in [-0.39, 0.29) is 57.1 Å². The summed E-state index contributed by atoms with van der Waals surface area (Å²) in [5.41, 5.74) is 0. The van der Waals surface area contributed by atoms with Crippen LogP contribution in [0.1, 0.15) is 0 Å². The fraction of sp³-hybridized carbons (Fsp3) is 0. The molecule has 0 aliphatic carbocycles. The van der Waals surface area contributed by atoms with Crippen LogP contribution in [0.15, 0.2) is 0 Å². The molecule has 0 heterocycles. The first kappa shape index (κ1) is 52.3. The van der Waals surface area contributed by atoms with Crippen molar-refractivity contribution in [2.24, 2.45) is 0 Å². The second-order valence-electron chi connectivity index (χ2n) is 0. The minimum Gasteiger partial charge on any atom is -0.412 e. The Morgan fingerprint density at radius 2 is 1.00 bits per heavy atom. The van der Waals surface area contributed by atoms with Crippen molar-refractivity contribution in [3.63, 3.8) is 0 Å². The summed E-state index contributed by atoms with van der Waals surface area (Å²) >= 11 is 0. The largest absolute Gasteiger partial charge is 0.412 e. The van der Waals surface area contributed by atoms with E-state index in [1.165, 1.54) is 0 Å². The van der Waals surface area contributed by atoms with Crippen molar-refractivity contribution in [1.29, 1.82) is 0 Å². The molecule has 27 valence electrons. The van der Waals surface area contributed by atoms with Gasteiger partial charge in [-0.15, -0.1) is 0 Å². The van der Waals surface area contributed by atoms with Gasteiger partial charge in [-0.25, -0.2) is 0 Å². The minimum absolute atomic E-state index is 0. The molecule has 0 unspecified atom stereocenters. The summed E-state index contributed by atoms with van der Waals surface area (Å²) in [6, 6.07) is 0. The van der Waals surface area contributed by atoms with Crippen LogP contribution < -0.4 is 6.15 Å². The number of hydrogen-bond donors (Lipinski definition) is 1. The summed E-state index contributed by atoms with van der Waals surface area (Å²) in [6.45, 7) is 0. The van der Waals surface area contributed by atoms with Crippen LogP contribution in [0.2, 0.25) is 0 Å². The molecule has 4 heteroatoms. The van der Waals surface area contributed by atoms with Gasteiger partial charge in [-0.05, 0) is 0 Å². The summed E-state index contributed by atoms with van der Waals surface area (Å²) in [6.07, 6.45) is 0. The van der Waals surface area contributed by atoms with E-state index in [0.717, 1.165) is 0 Å². The molecule has 2 nitrogen and oxygen atoms in total. The Hall–Kier alpha value is 1.43. The molecule has 0 fully saturated rings. The minimum atomic E-state index is 0. The molecule has 0 aromatic heterocycles. The first-order chi connectivity index (χ1) is 0. The Balaban J connectivity index is 0. The van der Waals surface area contributed by atoms with Crippen LogP contribution in [0, 0.1) is 0 Å². The van der Waals surface area contributed by atoms with Gasteiger partial charge in [-0.2, -0.15) is 0 Å². The molecule has 0 aliphatic heterocycles. The van der Waals surface area contributed by atoms with Gasteiger partial charge in [0.2, 0.25) is 0 Å². The van der Waals surface area contributed by atoms with Gasteiger partial charge in [0.15, 0.2) is 0 Å². The fourth-order valence-electron chi connectivity index (χ4n) is 0. The van der Waals surface area contributed by atoms with Crippen LogP contribution in [0.5, 0.6) is 0 Å². The van der Waals surface area contributed by atoms with Crippen LogP contribution in [0.3, 0.4) is 0 Å². The van der Waals surface area contributed by atoms with E-state index >= 15 is 0 Å². The molecule has 0 aromatic carbocycles. The van der Waals surface area contributed by atoms with Crippen molar-refractivity contribution in [3.05, 3.63) is 0 Å². The van der Waals surface area contributed by atoms with Crippen LogP contribution in [-0.2, 0) is 21.1 Å². The molecule has 4 heavy (non-hydrogen) atoms. The fourth-order valence-corrected chi connectivity index (χ4v) is 0. The van der Waals surface area contributed by atoms with Gasteiger partial charge < -0.3 is 11.6 Å². The van der Waals surface area contributed by atoms with Crippen molar-refractivity contribution < 1.29 is 26.5 Å².